The van der Waals surface area contributed by atoms with Gasteiger partial charge in [-0.25, -0.2) is 0 Å². The van der Waals surface area contributed by atoms with Crippen molar-refractivity contribution in [1.29, 1.82) is 0 Å². The maximum Gasteiger partial charge on any atom is 0.237 e. The first-order chi connectivity index (χ1) is 8.04. The van der Waals surface area contributed by atoms with Crippen LogP contribution in [-0.2, 0) is 9.59 Å². The van der Waals surface area contributed by atoms with Gasteiger partial charge in [0.15, 0.2) is 0 Å². The Kier molecular flexibility index (Phi) is 5.41. The highest BCUT2D eigenvalue weighted by Gasteiger charge is 2.26. The molecule has 0 heterocycles. The van der Waals surface area contributed by atoms with E-state index in [2.05, 4.69) is 5.32 Å². The Morgan fingerprint density at radius 1 is 1.29 bits per heavy atom. The van der Waals surface area contributed by atoms with E-state index in [-0.39, 0.29) is 23.8 Å². The smallest absolute Gasteiger partial charge is 0.237 e. The van der Waals surface area contributed by atoms with Crippen LogP contribution < -0.4 is 16.8 Å². The Hall–Kier alpha value is -1.10. The number of carbonyl (C=O) groups excluding carboxylic acids is 2. The number of nitrogens with one attached hydrogen (secondary N) is 1. The monoisotopic (exact) mass is 241 g/mol. The van der Waals surface area contributed by atoms with Crippen LogP contribution in [0, 0.1) is 5.92 Å². The van der Waals surface area contributed by atoms with Crippen LogP contribution in [0.5, 0.6) is 0 Å². The molecule has 0 aromatic heterocycles. The highest BCUT2D eigenvalue weighted by molar-refractivity contribution is 5.81. The molecule has 17 heavy (non-hydrogen) atoms. The van der Waals surface area contributed by atoms with Crippen LogP contribution in [0.4, 0.5) is 0 Å². The first-order valence-corrected chi connectivity index (χ1v) is 6.39. The van der Waals surface area contributed by atoms with Crippen molar-refractivity contribution in [3.05, 3.63) is 0 Å². The second kappa shape index (κ2) is 6.59. The average Bonchev–Trinajstić information content (AvgIpc) is 2.30. The Bertz CT molecular complexity index is 273. The molecular weight excluding hydrogens is 218 g/mol. The second-order valence-electron chi connectivity index (χ2n) is 4.85. The van der Waals surface area contributed by atoms with Gasteiger partial charge in [-0.1, -0.05) is 13.3 Å². The van der Waals surface area contributed by atoms with Crippen LogP contribution in [0.25, 0.3) is 0 Å². The van der Waals surface area contributed by atoms with Gasteiger partial charge in [0, 0.05) is 12.0 Å². The van der Waals surface area contributed by atoms with E-state index in [1.54, 1.807) is 0 Å². The molecule has 5 heteroatoms. The zero-order valence-corrected chi connectivity index (χ0v) is 10.4. The van der Waals surface area contributed by atoms with Crippen molar-refractivity contribution < 1.29 is 9.59 Å². The van der Waals surface area contributed by atoms with Crippen LogP contribution >= 0.6 is 0 Å². The fourth-order valence-electron chi connectivity index (χ4n) is 2.27. The molecule has 1 rings (SSSR count). The first kappa shape index (κ1) is 14.0. The fourth-order valence-corrected chi connectivity index (χ4v) is 2.27. The summed E-state index contributed by atoms with van der Waals surface area (Å²) in [7, 11) is 0. The topological polar surface area (TPSA) is 98.2 Å². The molecule has 0 spiro atoms. The van der Waals surface area contributed by atoms with Gasteiger partial charge in [0.25, 0.3) is 0 Å². The standard InChI is InChI=1S/C12H23N3O2/c1-2-3-10(13)12(17)15-9-6-4-8(5-7-9)11(14)16/h8-10H,2-7,13H2,1H3,(H2,14,16)(H,15,17). The quantitative estimate of drug-likeness (QED) is 0.644. The van der Waals surface area contributed by atoms with Crippen LogP contribution in [0.3, 0.4) is 0 Å². The number of nitrogens with two attached hydrogens (primary N) is 2. The van der Waals surface area contributed by atoms with E-state index < -0.39 is 6.04 Å². The molecule has 5 N–H and O–H groups in total. The maximum atomic E-state index is 11.7. The largest absolute Gasteiger partial charge is 0.369 e. The summed E-state index contributed by atoms with van der Waals surface area (Å²) >= 11 is 0. The van der Waals surface area contributed by atoms with Crippen molar-refractivity contribution in [1.82, 2.24) is 5.32 Å². The molecule has 2 amide bonds. The van der Waals surface area contributed by atoms with Crippen LogP contribution in [-0.4, -0.2) is 23.9 Å². The summed E-state index contributed by atoms with van der Waals surface area (Å²) in [5.74, 6) is -0.320. The molecule has 1 aliphatic rings. The predicted molar refractivity (Wildman–Crippen MR) is 66.0 cm³/mol. The fraction of sp³-hybridized carbons (Fsp3) is 0.833. The van der Waals surface area contributed by atoms with E-state index in [0.717, 1.165) is 32.1 Å². The van der Waals surface area contributed by atoms with Crippen LogP contribution in [0.2, 0.25) is 0 Å². The third-order valence-electron chi connectivity index (χ3n) is 3.41. The molecule has 1 saturated carbocycles. The number of primary amides is 1. The minimum absolute atomic E-state index is 0.0209. The number of hydrogen-bond donors (Lipinski definition) is 3. The van der Waals surface area contributed by atoms with E-state index in [0.29, 0.717) is 6.42 Å². The predicted octanol–water partition coefficient (Wildman–Crippen LogP) is 0.274. The average molecular weight is 241 g/mol. The van der Waals surface area contributed by atoms with E-state index in [4.69, 9.17) is 11.5 Å². The van der Waals surface area contributed by atoms with Crippen molar-refractivity contribution in [2.24, 2.45) is 17.4 Å². The molecule has 0 saturated heterocycles. The number of carbonyl (C=O) groups is 2. The number of hydrogen-bond acceptors (Lipinski definition) is 3. The van der Waals surface area contributed by atoms with Gasteiger partial charge in [0.1, 0.15) is 0 Å². The van der Waals surface area contributed by atoms with Gasteiger partial charge in [-0.3, -0.25) is 9.59 Å². The zero-order valence-electron chi connectivity index (χ0n) is 10.4. The summed E-state index contributed by atoms with van der Waals surface area (Å²) in [6, 6.07) is -0.255. The molecule has 1 fully saturated rings. The molecule has 0 bridgehead atoms. The van der Waals surface area contributed by atoms with Crippen molar-refractivity contribution in [3.63, 3.8) is 0 Å². The van der Waals surface area contributed by atoms with E-state index in [9.17, 15) is 9.59 Å². The van der Waals surface area contributed by atoms with Crippen molar-refractivity contribution in [2.75, 3.05) is 0 Å². The normalized spacial score (nSPS) is 26.2. The lowest BCUT2D eigenvalue weighted by Gasteiger charge is -2.28. The first-order valence-electron chi connectivity index (χ1n) is 6.39. The number of amides is 2. The van der Waals surface area contributed by atoms with Crippen LogP contribution in [0.15, 0.2) is 0 Å². The summed E-state index contributed by atoms with van der Waals surface area (Å²) in [5, 5.41) is 2.95. The van der Waals surface area contributed by atoms with Crippen molar-refractivity contribution >= 4 is 11.8 Å². The summed E-state index contributed by atoms with van der Waals surface area (Å²) in [6.07, 6.45) is 4.79. The molecule has 0 aliphatic heterocycles. The molecule has 1 atom stereocenters. The highest BCUT2D eigenvalue weighted by atomic mass is 16.2. The molecule has 1 aliphatic carbocycles. The van der Waals surface area contributed by atoms with Gasteiger partial charge in [-0.05, 0) is 32.1 Å². The Balaban J connectivity index is 2.30. The van der Waals surface area contributed by atoms with Gasteiger partial charge < -0.3 is 16.8 Å². The lowest BCUT2D eigenvalue weighted by Crippen LogP contribution is -2.47. The molecule has 1 unspecified atom stereocenters. The maximum absolute atomic E-state index is 11.7. The molecule has 5 nitrogen and oxygen atoms in total. The Morgan fingerprint density at radius 3 is 2.35 bits per heavy atom. The van der Waals surface area contributed by atoms with E-state index >= 15 is 0 Å². The molecule has 0 aromatic carbocycles. The van der Waals surface area contributed by atoms with Gasteiger partial charge in [-0.2, -0.15) is 0 Å². The summed E-state index contributed by atoms with van der Waals surface area (Å²) in [5.41, 5.74) is 11.0. The SMILES string of the molecule is CCCC(N)C(=O)NC1CCC(C(N)=O)CC1. The Morgan fingerprint density at radius 2 is 1.88 bits per heavy atom. The minimum Gasteiger partial charge on any atom is -0.369 e. The molecule has 0 radical (unpaired) electrons. The van der Waals surface area contributed by atoms with E-state index in [1.165, 1.54) is 0 Å². The third kappa shape index (κ3) is 4.34. The molecular formula is C12H23N3O2. The van der Waals surface area contributed by atoms with E-state index in [1.807, 2.05) is 6.92 Å². The van der Waals surface area contributed by atoms with Gasteiger partial charge in [0.2, 0.25) is 11.8 Å². The van der Waals surface area contributed by atoms with Gasteiger partial charge >= 0.3 is 0 Å². The van der Waals surface area contributed by atoms with Crippen molar-refractivity contribution in [3.8, 4) is 0 Å². The van der Waals surface area contributed by atoms with Crippen LogP contribution in [0.1, 0.15) is 45.4 Å². The van der Waals surface area contributed by atoms with Gasteiger partial charge in [0.05, 0.1) is 6.04 Å². The minimum atomic E-state index is -0.408. The second-order valence-corrected chi connectivity index (χ2v) is 4.85. The number of rotatable bonds is 5. The Labute approximate surface area is 102 Å². The summed E-state index contributed by atoms with van der Waals surface area (Å²) in [6.45, 7) is 2.01. The molecule has 0 aromatic rings. The third-order valence-corrected chi connectivity index (χ3v) is 3.41. The lowest BCUT2D eigenvalue weighted by atomic mass is 9.85. The zero-order chi connectivity index (χ0) is 12.8. The lowest BCUT2D eigenvalue weighted by molar-refractivity contribution is -0.124. The van der Waals surface area contributed by atoms with Crippen molar-refractivity contribution in [2.45, 2.75) is 57.5 Å². The highest BCUT2D eigenvalue weighted by Crippen LogP contribution is 2.23. The summed E-state index contributed by atoms with van der Waals surface area (Å²) < 4.78 is 0. The summed E-state index contributed by atoms with van der Waals surface area (Å²) in [4.78, 5) is 22.7. The van der Waals surface area contributed by atoms with Gasteiger partial charge in [-0.15, -0.1) is 0 Å². The molecule has 98 valence electrons.